The Balaban J connectivity index is 2.38. The lowest BCUT2D eigenvalue weighted by Crippen LogP contribution is -2.28. The summed E-state index contributed by atoms with van der Waals surface area (Å²) in [4.78, 5) is 11.6. The van der Waals surface area contributed by atoms with Crippen molar-refractivity contribution in [1.82, 2.24) is 0 Å². The fourth-order valence-corrected chi connectivity index (χ4v) is 1.89. The zero-order valence-corrected chi connectivity index (χ0v) is 10.8. The van der Waals surface area contributed by atoms with Gasteiger partial charge >= 0.3 is 0 Å². The first kappa shape index (κ1) is 14.5. The highest BCUT2D eigenvalue weighted by Gasteiger charge is 2.20. The number of carbonyl (C=O) groups excluding carboxylic acids is 1. The molecule has 1 atom stereocenters. The molecule has 0 bridgehead atoms. The molecule has 0 aliphatic rings. The van der Waals surface area contributed by atoms with Crippen LogP contribution in [0.4, 0.5) is 14.5 Å². The standard InChI is InChI=1S/C15H11F2N3O/c16-10-6-4-9(5-7-10)14(15(19)21)20-13-3-1-2-12(17)11(13)8-18/h1-7,14,20H,(H2,19,21). The molecule has 0 saturated heterocycles. The highest BCUT2D eigenvalue weighted by atomic mass is 19.1. The maximum Gasteiger partial charge on any atom is 0.244 e. The van der Waals surface area contributed by atoms with Crippen LogP contribution >= 0.6 is 0 Å². The Morgan fingerprint density at radius 3 is 2.43 bits per heavy atom. The Kier molecular flexibility index (Phi) is 4.14. The van der Waals surface area contributed by atoms with E-state index < -0.39 is 23.6 Å². The van der Waals surface area contributed by atoms with Gasteiger partial charge in [0.25, 0.3) is 0 Å². The molecule has 21 heavy (non-hydrogen) atoms. The minimum atomic E-state index is -1.00. The second-order valence-corrected chi connectivity index (χ2v) is 4.31. The molecular weight excluding hydrogens is 276 g/mol. The number of rotatable bonds is 4. The molecule has 1 unspecified atom stereocenters. The average molecular weight is 287 g/mol. The highest BCUT2D eigenvalue weighted by molar-refractivity contribution is 5.85. The van der Waals surface area contributed by atoms with Gasteiger partial charge in [-0.3, -0.25) is 4.79 Å². The van der Waals surface area contributed by atoms with Gasteiger partial charge in [0.1, 0.15) is 29.3 Å². The molecule has 0 heterocycles. The van der Waals surface area contributed by atoms with Crippen LogP contribution < -0.4 is 11.1 Å². The van der Waals surface area contributed by atoms with E-state index >= 15 is 0 Å². The maximum atomic E-state index is 13.5. The van der Waals surface area contributed by atoms with E-state index in [1.54, 1.807) is 6.07 Å². The summed E-state index contributed by atoms with van der Waals surface area (Å²) in [7, 11) is 0. The summed E-state index contributed by atoms with van der Waals surface area (Å²) in [5.41, 5.74) is 5.65. The van der Waals surface area contributed by atoms with Crippen LogP contribution in [0.2, 0.25) is 0 Å². The van der Waals surface area contributed by atoms with E-state index in [9.17, 15) is 13.6 Å². The van der Waals surface area contributed by atoms with Crippen LogP contribution in [-0.2, 0) is 4.79 Å². The summed E-state index contributed by atoms with van der Waals surface area (Å²) in [5, 5.41) is 11.7. The lowest BCUT2D eigenvalue weighted by molar-refractivity contribution is -0.118. The number of nitrogens with two attached hydrogens (primary N) is 1. The number of nitrogens with one attached hydrogen (secondary N) is 1. The average Bonchev–Trinajstić information content (AvgIpc) is 2.45. The number of carbonyl (C=O) groups is 1. The van der Waals surface area contributed by atoms with Crippen molar-refractivity contribution in [1.29, 1.82) is 5.26 Å². The van der Waals surface area contributed by atoms with Gasteiger partial charge in [-0.2, -0.15) is 5.26 Å². The van der Waals surface area contributed by atoms with Crippen molar-refractivity contribution in [2.45, 2.75) is 6.04 Å². The van der Waals surface area contributed by atoms with Crippen LogP contribution in [0.5, 0.6) is 0 Å². The summed E-state index contributed by atoms with van der Waals surface area (Å²) < 4.78 is 26.4. The predicted molar refractivity (Wildman–Crippen MR) is 73.1 cm³/mol. The SMILES string of the molecule is N#Cc1c(F)cccc1NC(C(N)=O)c1ccc(F)cc1. The fraction of sp³-hybridized carbons (Fsp3) is 0.0667. The molecule has 0 aliphatic heterocycles. The van der Waals surface area contributed by atoms with E-state index in [0.29, 0.717) is 5.56 Å². The predicted octanol–water partition coefficient (Wildman–Crippen LogP) is 2.47. The minimum absolute atomic E-state index is 0.144. The second-order valence-electron chi connectivity index (χ2n) is 4.31. The van der Waals surface area contributed by atoms with Gasteiger partial charge in [-0.25, -0.2) is 8.78 Å². The number of primary amides is 1. The van der Waals surface area contributed by atoms with Gasteiger partial charge in [0.15, 0.2) is 0 Å². The number of amides is 1. The first-order chi connectivity index (χ1) is 10.0. The third kappa shape index (κ3) is 3.15. The Bertz CT molecular complexity index is 708. The molecule has 2 aromatic rings. The van der Waals surface area contributed by atoms with E-state index in [1.807, 2.05) is 0 Å². The van der Waals surface area contributed by atoms with Crippen molar-refractivity contribution in [2.24, 2.45) is 5.73 Å². The molecule has 1 amide bonds. The number of benzene rings is 2. The number of anilines is 1. The van der Waals surface area contributed by atoms with Crippen LogP contribution in [-0.4, -0.2) is 5.91 Å². The zero-order valence-electron chi connectivity index (χ0n) is 10.8. The number of nitrogens with zero attached hydrogens (tertiary/aromatic N) is 1. The molecular formula is C15H11F2N3O. The molecule has 0 fully saturated rings. The summed E-state index contributed by atoms with van der Waals surface area (Å²) in [6.45, 7) is 0. The van der Waals surface area contributed by atoms with Crippen LogP contribution in [0.25, 0.3) is 0 Å². The van der Waals surface area contributed by atoms with Gasteiger partial charge in [-0.15, -0.1) is 0 Å². The summed E-state index contributed by atoms with van der Waals surface area (Å²) in [6.07, 6.45) is 0. The summed E-state index contributed by atoms with van der Waals surface area (Å²) >= 11 is 0. The van der Waals surface area contributed by atoms with Gasteiger partial charge in [0, 0.05) is 0 Å². The zero-order chi connectivity index (χ0) is 15.4. The molecule has 0 radical (unpaired) electrons. The summed E-state index contributed by atoms with van der Waals surface area (Å²) in [5.74, 6) is -1.88. The molecule has 0 aliphatic carbocycles. The van der Waals surface area contributed by atoms with Crippen LogP contribution in [0.15, 0.2) is 42.5 Å². The number of nitriles is 1. The second kappa shape index (κ2) is 6.01. The molecule has 3 N–H and O–H groups in total. The number of halogens is 2. The maximum absolute atomic E-state index is 13.5. The van der Waals surface area contributed by atoms with E-state index in [2.05, 4.69) is 5.32 Å². The fourth-order valence-electron chi connectivity index (χ4n) is 1.89. The smallest absolute Gasteiger partial charge is 0.244 e. The third-order valence-corrected chi connectivity index (χ3v) is 2.91. The van der Waals surface area contributed by atoms with Gasteiger partial charge in [-0.05, 0) is 29.8 Å². The molecule has 2 aromatic carbocycles. The first-order valence-electron chi connectivity index (χ1n) is 6.03. The third-order valence-electron chi connectivity index (χ3n) is 2.91. The quantitative estimate of drug-likeness (QED) is 0.906. The van der Waals surface area contributed by atoms with E-state index in [-0.39, 0.29) is 11.3 Å². The Morgan fingerprint density at radius 2 is 1.86 bits per heavy atom. The normalized spacial score (nSPS) is 11.5. The van der Waals surface area contributed by atoms with Crippen molar-refractivity contribution >= 4 is 11.6 Å². The van der Waals surface area contributed by atoms with Crippen molar-refractivity contribution < 1.29 is 13.6 Å². The van der Waals surface area contributed by atoms with Crippen molar-refractivity contribution in [2.75, 3.05) is 5.32 Å². The van der Waals surface area contributed by atoms with Gasteiger partial charge in [0.05, 0.1) is 5.69 Å². The Hall–Kier alpha value is -2.94. The topological polar surface area (TPSA) is 78.9 Å². The number of hydrogen-bond donors (Lipinski definition) is 2. The van der Waals surface area contributed by atoms with Crippen molar-refractivity contribution in [3.05, 3.63) is 65.2 Å². The van der Waals surface area contributed by atoms with Crippen molar-refractivity contribution in [3.8, 4) is 6.07 Å². The lowest BCUT2D eigenvalue weighted by atomic mass is 10.0. The molecule has 106 valence electrons. The lowest BCUT2D eigenvalue weighted by Gasteiger charge is -2.18. The van der Waals surface area contributed by atoms with Crippen LogP contribution in [0, 0.1) is 23.0 Å². The van der Waals surface area contributed by atoms with Crippen molar-refractivity contribution in [3.63, 3.8) is 0 Å². The molecule has 0 aromatic heterocycles. The first-order valence-corrected chi connectivity index (χ1v) is 6.03. The molecule has 4 nitrogen and oxygen atoms in total. The van der Waals surface area contributed by atoms with Crippen LogP contribution in [0.1, 0.15) is 17.2 Å². The van der Waals surface area contributed by atoms with Gasteiger partial charge in [0.2, 0.25) is 5.91 Å². The van der Waals surface area contributed by atoms with Gasteiger partial charge in [-0.1, -0.05) is 18.2 Å². The largest absolute Gasteiger partial charge is 0.369 e. The highest BCUT2D eigenvalue weighted by Crippen LogP contribution is 2.24. The molecule has 6 heteroatoms. The Labute approximate surface area is 119 Å². The van der Waals surface area contributed by atoms with Crippen LogP contribution in [0.3, 0.4) is 0 Å². The number of hydrogen-bond acceptors (Lipinski definition) is 3. The minimum Gasteiger partial charge on any atom is -0.369 e. The van der Waals surface area contributed by atoms with E-state index in [0.717, 1.165) is 6.07 Å². The monoisotopic (exact) mass is 287 g/mol. The molecule has 0 saturated carbocycles. The Morgan fingerprint density at radius 1 is 1.19 bits per heavy atom. The van der Waals surface area contributed by atoms with Gasteiger partial charge < -0.3 is 11.1 Å². The van der Waals surface area contributed by atoms with E-state index in [1.165, 1.54) is 36.4 Å². The summed E-state index contributed by atoms with van der Waals surface area (Å²) in [6, 6.07) is 9.87. The molecule has 2 rings (SSSR count). The van der Waals surface area contributed by atoms with E-state index in [4.69, 9.17) is 11.0 Å². The molecule has 0 spiro atoms.